The molecule has 0 amide bonds. The Morgan fingerprint density at radius 1 is 0.846 bits per heavy atom. The van der Waals surface area contributed by atoms with Gasteiger partial charge < -0.3 is 14.5 Å². The molecule has 0 aliphatic carbocycles. The quantitative estimate of drug-likeness (QED) is 0.181. The van der Waals surface area contributed by atoms with Crippen LogP contribution < -0.4 is 0 Å². The van der Waals surface area contributed by atoms with Gasteiger partial charge in [-0.15, -0.1) is 0 Å². The molecule has 0 aromatic rings. The lowest BCUT2D eigenvalue weighted by molar-refractivity contribution is -0.143. The first-order valence-electron chi connectivity index (χ1n) is 10.5. The minimum Gasteiger partial charge on any atom is -0.466 e. The molecule has 0 heterocycles. The van der Waals surface area contributed by atoms with Crippen LogP contribution in [0.4, 0.5) is 0 Å². The summed E-state index contributed by atoms with van der Waals surface area (Å²) in [5.74, 6) is -0.373. The second kappa shape index (κ2) is 14.6. The van der Waals surface area contributed by atoms with Gasteiger partial charge in [-0.05, 0) is 26.2 Å². The number of hydrogen-bond acceptors (Lipinski definition) is 3. The predicted octanol–water partition coefficient (Wildman–Crippen LogP) is 5.97. The molecule has 0 bridgehead atoms. The van der Waals surface area contributed by atoms with Gasteiger partial charge in [0.1, 0.15) is 0 Å². The van der Waals surface area contributed by atoms with Gasteiger partial charge in [-0.3, -0.25) is 9.36 Å². The number of ether oxygens (including phenoxy) is 1. The van der Waals surface area contributed by atoms with E-state index >= 15 is 0 Å². The van der Waals surface area contributed by atoms with E-state index in [1.165, 1.54) is 44.9 Å². The predicted molar refractivity (Wildman–Crippen MR) is 107 cm³/mol. The third kappa shape index (κ3) is 10.7. The second-order valence-electron chi connectivity index (χ2n) is 7.36. The van der Waals surface area contributed by atoms with Crippen molar-refractivity contribution >= 4 is 13.6 Å². The molecule has 1 atom stereocenters. The van der Waals surface area contributed by atoms with Crippen LogP contribution in [0.15, 0.2) is 0 Å². The molecule has 5 nitrogen and oxygen atoms in total. The summed E-state index contributed by atoms with van der Waals surface area (Å²) in [4.78, 5) is 31.3. The first-order valence-corrected chi connectivity index (χ1v) is 12.2. The van der Waals surface area contributed by atoms with Gasteiger partial charge in [-0.2, -0.15) is 0 Å². The van der Waals surface area contributed by atoms with E-state index in [9.17, 15) is 19.1 Å². The molecule has 0 fully saturated rings. The lowest BCUT2D eigenvalue weighted by Gasteiger charge is -2.33. The number of carbonyl (C=O) groups excluding carboxylic acids is 1. The number of unbranched alkanes of at least 4 members (excludes halogenated alkanes) is 9. The maximum Gasteiger partial charge on any atom is 0.331 e. The minimum atomic E-state index is -4.27. The van der Waals surface area contributed by atoms with E-state index in [-0.39, 0.29) is 18.8 Å². The molecule has 0 rings (SSSR count). The molecule has 156 valence electrons. The Bertz CT molecular complexity index is 407. The van der Waals surface area contributed by atoms with E-state index in [1.807, 2.05) is 0 Å². The molecule has 0 aliphatic rings. The molecular formula is C20H41O5P. The topological polar surface area (TPSA) is 83.8 Å². The Labute approximate surface area is 160 Å². The molecule has 0 saturated carbocycles. The molecule has 0 aromatic carbocycles. The highest BCUT2D eigenvalue weighted by Crippen LogP contribution is 2.57. The molecule has 1 unspecified atom stereocenters. The van der Waals surface area contributed by atoms with Gasteiger partial charge in [0.15, 0.2) is 0 Å². The molecule has 0 spiro atoms. The van der Waals surface area contributed by atoms with E-state index in [2.05, 4.69) is 6.92 Å². The zero-order chi connectivity index (χ0) is 19.9. The molecule has 0 saturated heterocycles. The summed E-state index contributed by atoms with van der Waals surface area (Å²) in [6.07, 6.45) is 13.0. The van der Waals surface area contributed by atoms with Gasteiger partial charge in [0.25, 0.3) is 0 Å². The normalized spacial score (nSPS) is 14.2. The van der Waals surface area contributed by atoms with Crippen molar-refractivity contribution in [3.8, 4) is 0 Å². The Balaban J connectivity index is 4.20. The minimum absolute atomic E-state index is 0.0740. The molecule has 6 heteroatoms. The fraction of sp³-hybridized carbons (Fsp3) is 0.950. The van der Waals surface area contributed by atoms with E-state index in [1.54, 1.807) is 13.8 Å². The van der Waals surface area contributed by atoms with Crippen LogP contribution in [0.2, 0.25) is 0 Å². The number of esters is 1. The van der Waals surface area contributed by atoms with Crippen molar-refractivity contribution in [3.05, 3.63) is 0 Å². The summed E-state index contributed by atoms with van der Waals surface area (Å²) in [6, 6.07) is 0. The average Bonchev–Trinajstić information content (AvgIpc) is 2.58. The van der Waals surface area contributed by atoms with Gasteiger partial charge in [0.2, 0.25) is 0 Å². The van der Waals surface area contributed by atoms with Crippen molar-refractivity contribution in [1.29, 1.82) is 0 Å². The van der Waals surface area contributed by atoms with Crippen molar-refractivity contribution < 1.29 is 23.9 Å². The van der Waals surface area contributed by atoms with Crippen molar-refractivity contribution in [2.75, 3.05) is 6.61 Å². The maximum absolute atomic E-state index is 12.1. The fourth-order valence-electron chi connectivity index (χ4n) is 3.49. The summed E-state index contributed by atoms with van der Waals surface area (Å²) in [6.45, 7) is 6.06. The van der Waals surface area contributed by atoms with Crippen LogP contribution in [-0.2, 0) is 14.1 Å². The third-order valence-electron chi connectivity index (χ3n) is 5.37. The molecule has 0 aromatic heterocycles. The summed E-state index contributed by atoms with van der Waals surface area (Å²) in [7, 11) is -4.27. The highest BCUT2D eigenvalue weighted by molar-refractivity contribution is 7.53. The van der Waals surface area contributed by atoms with Gasteiger partial charge >= 0.3 is 13.6 Å². The van der Waals surface area contributed by atoms with E-state index in [0.29, 0.717) is 19.4 Å². The SMILES string of the molecule is CCCCCCCCCCCCC(CC)(CCC(=O)OCC)P(=O)(O)O. The molecule has 26 heavy (non-hydrogen) atoms. The summed E-state index contributed by atoms with van der Waals surface area (Å²) < 4.78 is 17.0. The van der Waals surface area contributed by atoms with Gasteiger partial charge in [0.05, 0.1) is 11.8 Å². The van der Waals surface area contributed by atoms with E-state index in [4.69, 9.17) is 4.74 Å². The highest BCUT2D eigenvalue weighted by Gasteiger charge is 2.44. The monoisotopic (exact) mass is 392 g/mol. The van der Waals surface area contributed by atoms with Crippen LogP contribution in [0, 0.1) is 0 Å². The van der Waals surface area contributed by atoms with Crippen molar-refractivity contribution in [1.82, 2.24) is 0 Å². The summed E-state index contributed by atoms with van der Waals surface area (Å²) >= 11 is 0. The summed E-state index contributed by atoms with van der Waals surface area (Å²) in [5, 5.41) is -1.08. The van der Waals surface area contributed by atoms with Gasteiger partial charge in [0, 0.05) is 6.42 Å². The molecule has 0 aliphatic heterocycles. The van der Waals surface area contributed by atoms with Crippen LogP contribution in [0.1, 0.15) is 111 Å². The standard InChI is InChI=1S/C20H41O5P/c1-4-7-8-9-10-11-12-13-14-15-17-20(5-2,26(22,23)24)18-16-19(21)25-6-3/h4-18H2,1-3H3,(H2,22,23,24). The lowest BCUT2D eigenvalue weighted by Crippen LogP contribution is -2.29. The Kier molecular flexibility index (Phi) is 14.4. The molecular weight excluding hydrogens is 351 g/mol. The van der Waals surface area contributed by atoms with E-state index in [0.717, 1.165) is 19.3 Å². The van der Waals surface area contributed by atoms with Crippen molar-refractivity contribution in [2.24, 2.45) is 0 Å². The summed E-state index contributed by atoms with van der Waals surface area (Å²) in [5.41, 5.74) is 0. The Morgan fingerprint density at radius 2 is 1.35 bits per heavy atom. The largest absolute Gasteiger partial charge is 0.466 e. The maximum atomic E-state index is 12.1. The molecule has 2 N–H and O–H groups in total. The third-order valence-corrected chi connectivity index (χ3v) is 7.37. The van der Waals surface area contributed by atoms with Crippen LogP contribution in [-0.4, -0.2) is 27.5 Å². The van der Waals surface area contributed by atoms with Crippen LogP contribution in [0.25, 0.3) is 0 Å². The average molecular weight is 393 g/mol. The number of carbonyl (C=O) groups is 1. The Morgan fingerprint density at radius 3 is 1.77 bits per heavy atom. The number of hydrogen-bond donors (Lipinski definition) is 2. The first-order chi connectivity index (χ1) is 12.3. The zero-order valence-electron chi connectivity index (χ0n) is 17.2. The number of rotatable bonds is 17. The van der Waals surface area contributed by atoms with Crippen LogP contribution in [0.5, 0.6) is 0 Å². The van der Waals surface area contributed by atoms with E-state index < -0.39 is 12.8 Å². The molecule has 0 radical (unpaired) electrons. The van der Waals surface area contributed by atoms with Gasteiger partial charge in [-0.1, -0.05) is 78.1 Å². The smallest absolute Gasteiger partial charge is 0.331 e. The van der Waals surface area contributed by atoms with Crippen molar-refractivity contribution in [3.63, 3.8) is 0 Å². The Hall–Kier alpha value is -0.380. The second-order valence-corrected chi connectivity index (χ2v) is 9.40. The van der Waals surface area contributed by atoms with Crippen LogP contribution in [0.3, 0.4) is 0 Å². The fourth-order valence-corrected chi connectivity index (χ4v) is 4.75. The van der Waals surface area contributed by atoms with Crippen LogP contribution >= 0.6 is 7.60 Å². The lowest BCUT2D eigenvalue weighted by atomic mass is 9.92. The first kappa shape index (κ1) is 25.6. The zero-order valence-corrected chi connectivity index (χ0v) is 18.1. The van der Waals surface area contributed by atoms with Crippen molar-refractivity contribution in [2.45, 2.75) is 116 Å². The van der Waals surface area contributed by atoms with Gasteiger partial charge in [-0.25, -0.2) is 0 Å². The highest BCUT2D eigenvalue weighted by atomic mass is 31.2.